The van der Waals surface area contributed by atoms with Crippen molar-refractivity contribution in [2.45, 2.75) is 69.2 Å². The summed E-state index contributed by atoms with van der Waals surface area (Å²) in [4.78, 5) is 28.5. The third-order valence-corrected chi connectivity index (χ3v) is 6.05. The number of thioether (sulfide) groups is 1. The second kappa shape index (κ2) is 7.13. The van der Waals surface area contributed by atoms with Crippen LogP contribution in [-0.2, 0) is 16.1 Å². The molecule has 3 rings (SSSR count). The predicted molar refractivity (Wildman–Crippen MR) is 90.4 cm³/mol. The van der Waals surface area contributed by atoms with E-state index in [-0.39, 0.29) is 18.4 Å². The Balaban J connectivity index is 1.50. The summed E-state index contributed by atoms with van der Waals surface area (Å²) in [6.45, 7) is 3.90. The first-order valence-corrected chi connectivity index (χ1v) is 9.49. The van der Waals surface area contributed by atoms with Crippen molar-refractivity contribution >= 4 is 23.6 Å². The number of hydrogen-bond acceptors (Lipinski definition) is 6. The number of aromatic nitrogens is 2. The van der Waals surface area contributed by atoms with Gasteiger partial charge in [0.25, 0.3) is 0 Å². The number of carbonyl (C=O) groups excluding carboxylic acids is 2. The molecule has 1 saturated heterocycles. The zero-order valence-electron chi connectivity index (χ0n) is 14.1. The van der Waals surface area contributed by atoms with Gasteiger partial charge in [-0.2, -0.15) is 4.98 Å². The standard InChI is InChI=1S/C16H24N4O3S/c1-16(2)15(22)18-11(9-24-16)14(21)17-8-12-19-13(20-23-12)10-6-4-3-5-7-10/h10-11H,3-9H2,1-2H3,(H,17,21)(H,18,22). The van der Waals surface area contributed by atoms with Crippen molar-refractivity contribution < 1.29 is 14.1 Å². The summed E-state index contributed by atoms with van der Waals surface area (Å²) in [5.74, 6) is 1.77. The number of rotatable bonds is 4. The number of hydrogen-bond donors (Lipinski definition) is 2. The molecule has 2 heterocycles. The minimum atomic E-state index is -0.517. The zero-order valence-corrected chi connectivity index (χ0v) is 14.9. The van der Waals surface area contributed by atoms with Gasteiger partial charge in [-0.15, -0.1) is 11.8 Å². The van der Waals surface area contributed by atoms with Crippen molar-refractivity contribution in [3.05, 3.63) is 11.7 Å². The summed E-state index contributed by atoms with van der Waals surface area (Å²) in [5.41, 5.74) is 0. The Kier molecular flexibility index (Phi) is 5.12. The SMILES string of the molecule is CC1(C)SCC(C(=O)NCc2nc(C3CCCCC3)no2)NC1=O. The van der Waals surface area contributed by atoms with Gasteiger partial charge in [-0.05, 0) is 26.7 Å². The second-order valence-electron chi connectivity index (χ2n) is 6.95. The van der Waals surface area contributed by atoms with Crippen molar-refractivity contribution in [3.63, 3.8) is 0 Å². The topological polar surface area (TPSA) is 97.1 Å². The summed E-state index contributed by atoms with van der Waals surface area (Å²) in [5, 5.41) is 9.58. The lowest BCUT2D eigenvalue weighted by atomic mass is 9.89. The molecule has 1 aliphatic heterocycles. The molecule has 2 fully saturated rings. The van der Waals surface area contributed by atoms with Crippen molar-refractivity contribution in [2.24, 2.45) is 0 Å². The van der Waals surface area contributed by atoms with E-state index >= 15 is 0 Å². The van der Waals surface area contributed by atoms with E-state index < -0.39 is 10.8 Å². The zero-order chi connectivity index (χ0) is 17.2. The Labute approximate surface area is 145 Å². The van der Waals surface area contributed by atoms with Crippen molar-refractivity contribution in [1.82, 2.24) is 20.8 Å². The average molecular weight is 352 g/mol. The molecule has 2 amide bonds. The molecule has 1 aromatic heterocycles. The summed E-state index contributed by atoms with van der Waals surface area (Å²) >= 11 is 1.49. The smallest absolute Gasteiger partial charge is 0.246 e. The van der Waals surface area contributed by atoms with Gasteiger partial charge in [0.1, 0.15) is 6.04 Å². The van der Waals surface area contributed by atoms with Crippen LogP contribution in [0.1, 0.15) is 63.6 Å². The van der Waals surface area contributed by atoms with Crippen LogP contribution in [0.2, 0.25) is 0 Å². The molecule has 0 radical (unpaired) electrons. The molecule has 7 nitrogen and oxygen atoms in total. The number of carbonyl (C=O) groups is 2. The molecule has 0 bridgehead atoms. The maximum atomic E-state index is 12.2. The molecule has 0 spiro atoms. The molecule has 8 heteroatoms. The largest absolute Gasteiger partial charge is 0.345 e. The second-order valence-corrected chi connectivity index (χ2v) is 8.59. The summed E-state index contributed by atoms with van der Waals surface area (Å²) in [6.07, 6.45) is 5.90. The van der Waals surface area contributed by atoms with E-state index in [4.69, 9.17) is 4.52 Å². The molecule has 1 aromatic rings. The molecule has 0 aromatic carbocycles. The number of nitrogens with zero attached hydrogens (tertiary/aromatic N) is 2. The minimum absolute atomic E-state index is 0.115. The Morgan fingerprint density at radius 1 is 1.38 bits per heavy atom. The highest BCUT2D eigenvalue weighted by molar-refractivity contribution is 8.01. The summed E-state index contributed by atoms with van der Waals surface area (Å²) < 4.78 is 4.75. The molecule has 2 aliphatic rings. The van der Waals surface area contributed by atoms with E-state index in [0.717, 1.165) is 18.7 Å². The van der Waals surface area contributed by atoms with E-state index in [1.807, 2.05) is 13.8 Å². The fraction of sp³-hybridized carbons (Fsp3) is 0.750. The highest BCUT2D eigenvalue weighted by atomic mass is 32.2. The minimum Gasteiger partial charge on any atom is -0.345 e. The van der Waals surface area contributed by atoms with Crippen LogP contribution in [0.4, 0.5) is 0 Å². The third kappa shape index (κ3) is 3.91. The quantitative estimate of drug-likeness (QED) is 0.857. The number of amides is 2. The molecule has 1 aliphatic carbocycles. The molecule has 132 valence electrons. The summed E-state index contributed by atoms with van der Waals surface area (Å²) in [6, 6.07) is -0.517. The molecular formula is C16H24N4O3S. The predicted octanol–water partition coefficient (Wildman–Crippen LogP) is 1.74. The van der Waals surface area contributed by atoms with Gasteiger partial charge in [0.05, 0.1) is 11.3 Å². The Morgan fingerprint density at radius 3 is 2.83 bits per heavy atom. The van der Waals surface area contributed by atoms with Gasteiger partial charge in [-0.3, -0.25) is 9.59 Å². The van der Waals surface area contributed by atoms with Crippen molar-refractivity contribution in [3.8, 4) is 0 Å². The van der Waals surface area contributed by atoms with E-state index in [9.17, 15) is 9.59 Å². The van der Waals surface area contributed by atoms with Crippen LogP contribution in [0.5, 0.6) is 0 Å². The number of nitrogens with one attached hydrogen (secondary N) is 2. The maximum Gasteiger partial charge on any atom is 0.246 e. The van der Waals surface area contributed by atoms with Crippen LogP contribution >= 0.6 is 11.8 Å². The van der Waals surface area contributed by atoms with Gasteiger partial charge in [-0.1, -0.05) is 24.4 Å². The summed E-state index contributed by atoms with van der Waals surface area (Å²) in [7, 11) is 0. The maximum absolute atomic E-state index is 12.2. The highest BCUT2D eigenvalue weighted by Crippen LogP contribution is 2.31. The van der Waals surface area contributed by atoms with Gasteiger partial charge < -0.3 is 15.2 Å². The highest BCUT2D eigenvalue weighted by Gasteiger charge is 2.37. The Morgan fingerprint density at radius 2 is 2.12 bits per heavy atom. The van der Waals surface area contributed by atoms with Gasteiger partial charge >= 0.3 is 0 Å². The van der Waals surface area contributed by atoms with Crippen LogP contribution in [0.25, 0.3) is 0 Å². The van der Waals surface area contributed by atoms with Crippen LogP contribution in [0.15, 0.2) is 4.52 Å². The van der Waals surface area contributed by atoms with Crippen molar-refractivity contribution in [2.75, 3.05) is 5.75 Å². The first kappa shape index (κ1) is 17.3. The lowest BCUT2D eigenvalue weighted by Crippen LogP contribution is -2.57. The van der Waals surface area contributed by atoms with E-state index in [2.05, 4.69) is 20.8 Å². The van der Waals surface area contributed by atoms with E-state index in [1.54, 1.807) is 0 Å². The van der Waals surface area contributed by atoms with Crippen LogP contribution in [-0.4, -0.2) is 38.5 Å². The van der Waals surface area contributed by atoms with E-state index in [1.165, 1.54) is 31.0 Å². The monoisotopic (exact) mass is 352 g/mol. The fourth-order valence-corrected chi connectivity index (χ4v) is 4.03. The Bertz CT molecular complexity index is 610. The van der Waals surface area contributed by atoms with Gasteiger partial charge in [0, 0.05) is 11.7 Å². The first-order valence-electron chi connectivity index (χ1n) is 8.51. The van der Waals surface area contributed by atoms with Gasteiger partial charge in [-0.25, -0.2) is 0 Å². The van der Waals surface area contributed by atoms with E-state index in [0.29, 0.717) is 17.6 Å². The normalized spacial score (nSPS) is 24.4. The lowest BCUT2D eigenvalue weighted by molar-refractivity contribution is -0.129. The molecule has 1 atom stereocenters. The van der Waals surface area contributed by atoms with Crippen LogP contribution < -0.4 is 10.6 Å². The van der Waals surface area contributed by atoms with Gasteiger partial charge in [0.2, 0.25) is 17.7 Å². The Hall–Kier alpha value is -1.57. The van der Waals surface area contributed by atoms with Crippen molar-refractivity contribution in [1.29, 1.82) is 0 Å². The third-order valence-electron chi connectivity index (χ3n) is 4.65. The lowest BCUT2D eigenvalue weighted by Gasteiger charge is -2.32. The van der Waals surface area contributed by atoms with Crippen LogP contribution in [0.3, 0.4) is 0 Å². The molecule has 24 heavy (non-hydrogen) atoms. The molecule has 1 saturated carbocycles. The average Bonchev–Trinajstić information content (AvgIpc) is 3.05. The van der Waals surface area contributed by atoms with Crippen LogP contribution in [0, 0.1) is 0 Å². The fourth-order valence-electron chi connectivity index (χ4n) is 3.02. The molecule has 1 unspecified atom stereocenters. The molecule has 2 N–H and O–H groups in total. The van der Waals surface area contributed by atoms with Gasteiger partial charge in [0.15, 0.2) is 5.82 Å². The first-order chi connectivity index (χ1) is 11.5. The molecular weight excluding hydrogens is 328 g/mol.